The van der Waals surface area contributed by atoms with E-state index in [1.807, 2.05) is 51.1 Å². The number of aromatic nitrogens is 5. The fourth-order valence-corrected chi connectivity index (χ4v) is 15.5. The van der Waals surface area contributed by atoms with E-state index >= 15 is 0 Å². The van der Waals surface area contributed by atoms with Crippen LogP contribution in [0, 0.1) is 51.1 Å². The lowest BCUT2D eigenvalue weighted by atomic mass is 9.92. The number of nitro benzene ring substituents is 3. The minimum absolute atomic E-state index is 0.0203. The zero-order valence-corrected chi connectivity index (χ0v) is 72.3. The van der Waals surface area contributed by atoms with E-state index in [0.29, 0.717) is 136 Å². The minimum Gasteiger partial charge on any atom is -0.475 e. The molecule has 15 rings (SSSR count). The number of hydrogen-bond acceptors (Lipinski definition) is 26. The molecule has 7 aliphatic rings. The minimum atomic E-state index is -0.479. The Bertz CT molecular complexity index is 4650. The van der Waals surface area contributed by atoms with Crippen molar-refractivity contribution in [2.24, 2.45) is 0 Å². The molecule has 6 atom stereocenters. The van der Waals surface area contributed by atoms with Crippen LogP contribution in [0.1, 0.15) is 118 Å². The Labute approximate surface area is 726 Å². The highest BCUT2D eigenvalue weighted by Crippen LogP contribution is 2.52. The highest BCUT2D eigenvalue weighted by Gasteiger charge is 2.60. The highest BCUT2D eigenvalue weighted by atomic mass is 79.9. The normalized spacial score (nSPS) is 19.9. The molecule has 3 aromatic carbocycles. The fraction of sp³-hybridized carbons (Fsp3) is 0.464. The Morgan fingerprint density at radius 2 is 0.815 bits per heavy atom. The molecule has 0 aliphatic carbocycles. The maximum absolute atomic E-state index is 11.4. The number of nitro groups is 3. The van der Waals surface area contributed by atoms with Gasteiger partial charge in [-0.3, -0.25) is 30.3 Å². The molecule has 12 heterocycles. The first kappa shape index (κ1) is 92.0. The summed E-state index contributed by atoms with van der Waals surface area (Å²) in [4.78, 5) is 53.9. The van der Waals surface area contributed by atoms with Gasteiger partial charge in [0.25, 0.3) is 17.1 Å². The third-order valence-electron chi connectivity index (χ3n) is 19.6. The maximum Gasteiger partial charge on any atom is 0.270 e. The number of fused-ring (bicyclic) bond motifs is 1. The second-order valence-electron chi connectivity index (χ2n) is 28.3. The first-order valence-corrected chi connectivity index (χ1v) is 42.5. The Balaban J connectivity index is 0.000000152. The quantitative estimate of drug-likeness (QED) is 0.0144. The Morgan fingerprint density at radius 1 is 0.429 bits per heavy atom. The zero-order valence-electron chi connectivity index (χ0n) is 66.1. The highest BCUT2D eigenvalue weighted by molar-refractivity contribution is 9.10. The van der Waals surface area contributed by atoms with Gasteiger partial charge in [-0.15, -0.1) is 0 Å². The Kier molecular flexibility index (Phi) is 36.3. The molecule has 0 radical (unpaired) electrons. The third-order valence-corrected chi connectivity index (χ3v) is 21.3. The number of halogens is 6. The van der Waals surface area contributed by atoms with Crippen molar-refractivity contribution in [2.75, 3.05) is 106 Å². The molecule has 0 saturated carbocycles. The predicted molar refractivity (Wildman–Crippen MR) is 453 cm³/mol. The summed E-state index contributed by atoms with van der Waals surface area (Å²) in [5, 5.41) is 35.2. The van der Waals surface area contributed by atoms with Gasteiger partial charge in [0.15, 0.2) is 25.2 Å². The van der Waals surface area contributed by atoms with E-state index in [2.05, 4.69) is 51.8 Å². The van der Waals surface area contributed by atoms with Crippen LogP contribution >= 0.6 is 78.3 Å². The fourth-order valence-electron chi connectivity index (χ4n) is 13.4. The molecule has 5 aromatic heterocycles. The summed E-state index contributed by atoms with van der Waals surface area (Å²) < 4.78 is 86.4. The summed E-state index contributed by atoms with van der Waals surface area (Å²) in [6.45, 7) is 14.1. The smallest absolute Gasteiger partial charge is 0.270 e. The molecule has 6 fully saturated rings. The average Bonchev–Trinajstić information content (AvgIpc) is 1.56. The van der Waals surface area contributed by atoms with Gasteiger partial charge in [-0.1, -0.05) is 103 Å². The molecule has 35 heteroatoms. The van der Waals surface area contributed by atoms with Gasteiger partial charge in [0.1, 0.15) is 58.7 Å². The van der Waals surface area contributed by atoms with Crippen LogP contribution in [0.4, 0.5) is 17.1 Å². The summed E-state index contributed by atoms with van der Waals surface area (Å²) >= 11 is 29.5. The van der Waals surface area contributed by atoms with Crippen molar-refractivity contribution >= 4 is 101 Å². The standard InChI is InChI=1S/C24H28N2O7.C24H28N2O6.C19H21ClN2O5.C12H15BrClNO3.C5H2BrCl2N/c1-16-5-6-18(26(27)28)14-19(16)17-12-20(24-7-9-29-15-21(24)33-24)25-22(13-17)30-10-11-32-23-4-2-3-8-31-23;1-17-5-6-20(26(27)28)16-21(17)19-14-22(18-7-10-29-11-8-18)25-23(15-19)30-12-13-32-24-4-2-3-9-31-24;1-13-5-6-15(22(23)24)12-16(13)14-10-17(20)21-18(11-14)25-8-9-27-19-4-2-3-7-26-19;13-9-7-10(14)15-11(8-9)16-5-6-18-12-3-1-2-4-17-12;6-3-1-4(7)9-5(8)2-3/h5-6,12-14,21,23H,2-4,7-11,15H2,1H3;5-7,14-16,24H,2-4,8-13H2,1H3;5-6,10-12,19H,2-4,7-9H2,1H3;7-8,12H,1-6H2;1-2H. The van der Waals surface area contributed by atoms with Crippen LogP contribution in [0.25, 0.3) is 39.0 Å². The van der Waals surface area contributed by atoms with Crippen molar-refractivity contribution in [3.05, 3.63) is 209 Å². The second-order valence-corrected chi connectivity index (χ2v) is 31.6. The molecule has 7 aliphatic heterocycles. The van der Waals surface area contributed by atoms with Crippen LogP contribution in [-0.2, 0) is 57.7 Å². The van der Waals surface area contributed by atoms with Crippen LogP contribution < -0.4 is 18.9 Å². The summed E-state index contributed by atoms with van der Waals surface area (Å²) in [6.07, 6.45) is 15.3. The number of ether oxygens (including phenoxy) is 15. The molecular formula is C84H94Br2Cl4N8O21. The number of nitrogens with zero attached hydrogens (tertiary/aromatic N) is 8. The summed E-state index contributed by atoms with van der Waals surface area (Å²) in [5.41, 5.74) is 9.66. The molecule has 6 unspecified atom stereocenters. The molecule has 0 N–H and O–H groups in total. The number of hydrogen-bond donors (Lipinski definition) is 0. The second kappa shape index (κ2) is 47.0. The Hall–Kier alpha value is -7.77. The van der Waals surface area contributed by atoms with Gasteiger partial charge < -0.3 is 71.1 Å². The van der Waals surface area contributed by atoms with Crippen LogP contribution in [0.5, 0.6) is 23.5 Å². The van der Waals surface area contributed by atoms with E-state index < -0.39 is 10.5 Å². The van der Waals surface area contributed by atoms with Gasteiger partial charge in [0.2, 0.25) is 23.5 Å². The van der Waals surface area contributed by atoms with E-state index in [9.17, 15) is 30.3 Å². The first-order chi connectivity index (χ1) is 57.6. The van der Waals surface area contributed by atoms with Crippen molar-refractivity contribution in [1.82, 2.24) is 24.9 Å². The number of rotatable bonds is 28. The lowest BCUT2D eigenvalue weighted by Gasteiger charge is -2.22. The van der Waals surface area contributed by atoms with Gasteiger partial charge in [0, 0.05) is 109 Å². The average molecular weight is 1850 g/mol. The topological polar surface area (TPSA) is 336 Å². The molecular weight excluding hydrogens is 1760 g/mol. The van der Waals surface area contributed by atoms with Crippen molar-refractivity contribution in [1.29, 1.82) is 0 Å². The first-order valence-electron chi connectivity index (χ1n) is 39.4. The van der Waals surface area contributed by atoms with Crippen molar-refractivity contribution in [2.45, 2.75) is 148 Å². The summed E-state index contributed by atoms with van der Waals surface area (Å²) in [7, 11) is 0. The summed E-state index contributed by atoms with van der Waals surface area (Å²) in [6, 6.07) is 32.2. The molecule has 8 aromatic rings. The Morgan fingerprint density at radius 3 is 1.20 bits per heavy atom. The van der Waals surface area contributed by atoms with Crippen molar-refractivity contribution in [3.8, 4) is 56.9 Å². The number of aryl methyl sites for hydroxylation is 3. The predicted octanol–water partition coefficient (Wildman–Crippen LogP) is 19.7. The van der Waals surface area contributed by atoms with E-state index in [1.165, 1.54) is 24.3 Å². The van der Waals surface area contributed by atoms with Gasteiger partial charge in [-0.25, -0.2) is 24.9 Å². The van der Waals surface area contributed by atoms with E-state index in [4.69, 9.17) is 122 Å². The lowest BCUT2D eigenvalue weighted by molar-refractivity contribution is -0.385. The molecule has 0 spiro atoms. The molecule has 6 saturated heterocycles. The number of epoxide rings is 1. The van der Waals surface area contributed by atoms with E-state index in [1.54, 1.807) is 66.7 Å². The van der Waals surface area contributed by atoms with Crippen LogP contribution in [0.3, 0.4) is 0 Å². The lowest BCUT2D eigenvalue weighted by Crippen LogP contribution is -2.26. The molecule has 638 valence electrons. The van der Waals surface area contributed by atoms with Crippen LogP contribution in [0.2, 0.25) is 20.6 Å². The molecule has 0 bridgehead atoms. The maximum atomic E-state index is 11.4. The van der Waals surface area contributed by atoms with Gasteiger partial charge >= 0.3 is 0 Å². The number of pyridine rings is 5. The monoisotopic (exact) mass is 1850 g/mol. The van der Waals surface area contributed by atoms with Gasteiger partial charge in [0.05, 0.1) is 72.4 Å². The molecule has 0 amide bonds. The van der Waals surface area contributed by atoms with Crippen LogP contribution in [0.15, 0.2) is 130 Å². The summed E-state index contributed by atoms with van der Waals surface area (Å²) in [5.74, 6) is 1.74. The third kappa shape index (κ3) is 29.2. The van der Waals surface area contributed by atoms with E-state index in [0.717, 1.165) is 175 Å². The SMILES string of the molecule is Cc1ccc([N+](=O)[O-])cc1-c1cc(Cl)nc(OCCOC2CCCCO2)c1.Cc1ccc([N+](=O)[O-])cc1-c1cc(OCCOC2CCCCO2)nc(C23CCOCC2O3)c1.Cc1ccc([N+](=O)[O-])cc1-c1cc(OCCOC2CCCCO2)nc(C2=CCOCC2)c1.Clc1cc(Br)cc(Cl)n1.Clc1cc(Br)cc(OCCOC2CCCCO2)n1. The molecule has 29 nitrogen and oxygen atoms in total. The number of non-ortho nitro benzene ring substituents is 3. The zero-order chi connectivity index (χ0) is 84.1. The van der Waals surface area contributed by atoms with Crippen molar-refractivity contribution < 1.29 is 85.8 Å². The number of benzene rings is 3. The van der Waals surface area contributed by atoms with E-state index in [-0.39, 0.29) is 63.3 Å². The van der Waals surface area contributed by atoms with Gasteiger partial charge in [-0.2, -0.15) is 0 Å². The van der Waals surface area contributed by atoms with Crippen LogP contribution in [-0.4, -0.2) is 177 Å². The van der Waals surface area contributed by atoms with Crippen molar-refractivity contribution in [3.63, 3.8) is 0 Å². The van der Waals surface area contributed by atoms with Gasteiger partial charge in [-0.05, 0) is 196 Å². The largest absolute Gasteiger partial charge is 0.475 e. The molecule has 119 heavy (non-hydrogen) atoms.